The van der Waals surface area contributed by atoms with E-state index in [1.165, 1.54) is 7.11 Å². The van der Waals surface area contributed by atoms with Crippen LogP contribution in [0, 0.1) is 0 Å². The lowest BCUT2D eigenvalue weighted by Gasteiger charge is -2.13. The average Bonchev–Trinajstić information content (AvgIpc) is 2.74. The van der Waals surface area contributed by atoms with Crippen LogP contribution < -0.4 is 0 Å². The number of methoxy groups -OCH3 is 1. The van der Waals surface area contributed by atoms with Crippen LogP contribution in [0.25, 0.3) is 33.5 Å². The fraction of sp³-hybridized carbons (Fsp3) is 0.0455. The molecule has 0 radical (unpaired) electrons. The van der Waals surface area contributed by atoms with Crippen LogP contribution in [-0.2, 0) is 4.74 Å². The van der Waals surface area contributed by atoms with Gasteiger partial charge in [-0.05, 0) is 18.2 Å². The van der Waals surface area contributed by atoms with Crippen molar-refractivity contribution in [1.82, 2.24) is 9.97 Å². The first-order chi connectivity index (χ1) is 13.6. The van der Waals surface area contributed by atoms with Crippen molar-refractivity contribution in [3.8, 4) is 22.5 Å². The first kappa shape index (κ1) is 18.4. The van der Waals surface area contributed by atoms with Gasteiger partial charge in [-0.15, -0.1) is 0 Å². The summed E-state index contributed by atoms with van der Waals surface area (Å²) in [7, 11) is 1.35. The zero-order valence-electron chi connectivity index (χ0n) is 14.8. The Morgan fingerprint density at radius 3 is 2.04 bits per heavy atom. The molecule has 0 aliphatic rings. The summed E-state index contributed by atoms with van der Waals surface area (Å²) in [6.07, 6.45) is 0. The van der Waals surface area contributed by atoms with E-state index in [0.717, 1.165) is 5.56 Å². The number of aromatic nitrogens is 2. The first-order valence-corrected chi connectivity index (χ1v) is 9.24. The molecule has 0 saturated carbocycles. The van der Waals surface area contributed by atoms with Crippen LogP contribution >= 0.6 is 23.2 Å². The van der Waals surface area contributed by atoms with E-state index in [1.807, 2.05) is 42.5 Å². The van der Waals surface area contributed by atoms with Gasteiger partial charge in [0, 0.05) is 11.1 Å². The molecule has 4 rings (SSSR count). The predicted molar refractivity (Wildman–Crippen MR) is 112 cm³/mol. The second-order valence-electron chi connectivity index (χ2n) is 6.08. The molecule has 0 aliphatic heterocycles. The third kappa shape index (κ3) is 3.33. The summed E-state index contributed by atoms with van der Waals surface area (Å²) in [4.78, 5) is 21.9. The van der Waals surface area contributed by atoms with Gasteiger partial charge in [-0.3, -0.25) is 0 Å². The van der Waals surface area contributed by atoms with Crippen molar-refractivity contribution < 1.29 is 9.53 Å². The van der Waals surface area contributed by atoms with Crippen molar-refractivity contribution in [1.29, 1.82) is 0 Å². The number of hydrogen-bond donors (Lipinski definition) is 0. The van der Waals surface area contributed by atoms with Crippen molar-refractivity contribution >= 4 is 40.2 Å². The van der Waals surface area contributed by atoms with E-state index in [2.05, 4.69) is 0 Å². The Balaban J connectivity index is 2.07. The Morgan fingerprint density at radius 2 is 1.39 bits per heavy atom. The monoisotopic (exact) mass is 408 g/mol. The van der Waals surface area contributed by atoms with Gasteiger partial charge in [0.1, 0.15) is 0 Å². The second-order valence-corrected chi connectivity index (χ2v) is 6.89. The van der Waals surface area contributed by atoms with Gasteiger partial charge in [0.25, 0.3) is 0 Å². The second kappa shape index (κ2) is 7.58. The van der Waals surface area contributed by atoms with E-state index in [9.17, 15) is 4.79 Å². The smallest absolute Gasteiger partial charge is 0.338 e. The summed E-state index contributed by atoms with van der Waals surface area (Å²) in [5.41, 5.74) is 4.33. The molecule has 4 nitrogen and oxygen atoms in total. The molecule has 0 amide bonds. The number of fused-ring (bicyclic) bond motifs is 1. The van der Waals surface area contributed by atoms with Crippen LogP contribution in [0.2, 0.25) is 10.0 Å². The van der Waals surface area contributed by atoms with Gasteiger partial charge in [-0.25, -0.2) is 14.8 Å². The Morgan fingerprint density at radius 1 is 0.821 bits per heavy atom. The average molecular weight is 409 g/mol. The van der Waals surface area contributed by atoms with Gasteiger partial charge in [0.05, 0.1) is 45.1 Å². The van der Waals surface area contributed by atoms with E-state index in [0.29, 0.717) is 43.6 Å². The van der Waals surface area contributed by atoms with Crippen LogP contribution in [0.3, 0.4) is 0 Å². The van der Waals surface area contributed by atoms with Crippen molar-refractivity contribution in [3.63, 3.8) is 0 Å². The van der Waals surface area contributed by atoms with Gasteiger partial charge in [-0.2, -0.15) is 0 Å². The molecular weight excluding hydrogens is 395 g/mol. The van der Waals surface area contributed by atoms with Crippen LogP contribution in [0.4, 0.5) is 0 Å². The molecule has 3 aromatic carbocycles. The highest BCUT2D eigenvalue weighted by atomic mass is 35.5. The highest BCUT2D eigenvalue weighted by Crippen LogP contribution is 2.35. The fourth-order valence-electron chi connectivity index (χ4n) is 3.01. The molecule has 0 spiro atoms. The van der Waals surface area contributed by atoms with Crippen LogP contribution in [0.15, 0.2) is 66.7 Å². The summed E-state index contributed by atoms with van der Waals surface area (Å²) in [5.74, 6) is -0.439. The topological polar surface area (TPSA) is 52.1 Å². The minimum Gasteiger partial charge on any atom is -0.465 e. The number of esters is 1. The molecular formula is C22H14Cl2N2O2. The lowest BCUT2D eigenvalue weighted by atomic mass is 9.99. The molecule has 1 heterocycles. The molecule has 0 aliphatic carbocycles. The standard InChI is InChI=1S/C22H14Cl2N2O2/c1-28-22(27)15-10-6-5-9-14(15)21-20(13-7-3-2-4-8-13)25-18-11-16(23)17(24)12-19(18)26-21/h2-12H,1H3. The van der Waals surface area contributed by atoms with E-state index < -0.39 is 5.97 Å². The quantitative estimate of drug-likeness (QED) is 0.386. The Labute approximate surface area is 171 Å². The number of carbonyl (C=O) groups excluding carboxylic acids is 1. The SMILES string of the molecule is COC(=O)c1ccccc1-c1nc2cc(Cl)c(Cl)cc2nc1-c1ccccc1. The molecule has 28 heavy (non-hydrogen) atoms. The minimum atomic E-state index is -0.439. The van der Waals surface area contributed by atoms with E-state index >= 15 is 0 Å². The van der Waals surface area contributed by atoms with Gasteiger partial charge in [-0.1, -0.05) is 71.7 Å². The highest BCUT2D eigenvalue weighted by Gasteiger charge is 2.20. The molecule has 4 aromatic rings. The van der Waals surface area contributed by atoms with Crippen molar-refractivity contribution in [3.05, 3.63) is 82.3 Å². The molecule has 138 valence electrons. The normalized spacial score (nSPS) is 10.8. The maximum absolute atomic E-state index is 12.3. The van der Waals surface area contributed by atoms with Crippen molar-refractivity contribution in [2.24, 2.45) is 0 Å². The summed E-state index contributed by atoms with van der Waals surface area (Å²) in [6.45, 7) is 0. The Kier molecular flexibility index (Phi) is 4.99. The summed E-state index contributed by atoms with van der Waals surface area (Å²) in [6, 6.07) is 20.2. The molecule has 0 atom stereocenters. The van der Waals surface area contributed by atoms with Gasteiger partial charge >= 0.3 is 5.97 Å². The van der Waals surface area contributed by atoms with Crippen LogP contribution in [0.5, 0.6) is 0 Å². The maximum Gasteiger partial charge on any atom is 0.338 e. The predicted octanol–water partition coefficient (Wildman–Crippen LogP) is 6.06. The number of rotatable bonds is 3. The molecule has 6 heteroatoms. The van der Waals surface area contributed by atoms with Crippen molar-refractivity contribution in [2.75, 3.05) is 7.11 Å². The number of ether oxygens (including phenoxy) is 1. The third-order valence-corrected chi connectivity index (χ3v) is 5.06. The van der Waals surface area contributed by atoms with Gasteiger partial charge in [0.15, 0.2) is 0 Å². The minimum absolute atomic E-state index is 0.392. The van der Waals surface area contributed by atoms with Gasteiger partial charge in [0.2, 0.25) is 0 Å². The molecule has 0 fully saturated rings. The lowest BCUT2D eigenvalue weighted by molar-refractivity contribution is 0.0601. The largest absolute Gasteiger partial charge is 0.465 e. The molecule has 1 aromatic heterocycles. The maximum atomic E-state index is 12.3. The van der Waals surface area contributed by atoms with Crippen LogP contribution in [0.1, 0.15) is 10.4 Å². The number of benzene rings is 3. The number of nitrogens with zero attached hydrogens (tertiary/aromatic N) is 2. The third-order valence-electron chi connectivity index (χ3n) is 4.34. The molecule has 0 unspecified atom stereocenters. The summed E-state index contributed by atoms with van der Waals surface area (Å²) >= 11 is 12.3. The number of hydrogen-bond acceptors (Lipinski definition) is 4. The zero-order valence-corrected chi connectivity index (χ0v) is 16.3. The van der Waals surface area contributed by atoms with E-state index in [4.69, 9.17) is 37.9 Å². The van der Waals surface area contributed by atoms with Gasteiger partial charge < -0.3 is 4.74 Å². The highest BCUT2D eigenvalue weighted by molar-refractivity contribution is 6.42. The van der Waals surface area contributed by atoms with Crippen molar-refractivity contribution in [2.45, 2.75) is 0 Å². The molecule has 0 N–H and O–H groups in total. The summed E-state index contributed by atoms with van der Waals surface area (Å²) < 4.78 is 4.94. The molecule has 0 saturated heterocycles. The Bertz CT molecular complexity index is 1190. The summed E-state index contributed by atoms with van der Waals surface area (Å²) in [5, 5.41) is 0.799. The lowest BCUT2D eigenvalue weighted by Crippen LogP contribution is -2.05. The zero-order chi connectivity index (χ0) is 19.7. The first-order valence-electron chi connectivity index (χ1n) is 8.48. The fourth-order valence-corrected chi connectivity index (χ4v) is 3.33. The Hall–Kier alpha value is -2.95. The number of halogens is 2. The van der Waals surface area contributed by atoms with E-state index in [-0.39, 0.29) is 0 Å². The molecule has 0 bridgehead atoms. The van der Waals surface area contributed by atoms with E-state index in [1.54, 1.807) is 24.3 Å². The van der Waals surface area contributed by atoms with Crippen LogP contribution in [-0.4, -0.2) is 23.0 Å². The number of carbonyl (C=O) groups is 1.